The van der Waals surface area contributed by atoms with Crippen molar-refractivity contribution in [3.8, 4) is 35.7 Å². The number of benzene rings is 4. The van der Waals surface area contributed by atoms with Gasteiger partial charge in [-0.25, -0.2) is 18.4 Å². The van der Waals surface area contributed by atoms with E-state index in [9.17, 15) is 32.8 Å². The molecule has 4 heterocycles. The molecule has 0 bridgehead atoms. The Balaban J connectivity index is 0.965. The molecular weight excluding hydrogens is 1090 g/mol. The molecule has 0 aromatic heterocycles. The van der Waals surface area contributed by atoms with Crippen LogP contribution in [0, 0.1) is 35.8 Å². The van der Waals surface area contributed by atoms with E-state index >= 15 is 4.79 Å². The number of carbonyl (C=O) groups excluding carboxylic acids is 6. The summed E-state index contributed by atoms with van der Waals surface area (Å²) in [6, 6.07) is 22.7. The minimum absolute atomic E-state index is 0.0147. The normalized spacial score (nSPS) is 22.1. The number of nitrogens with one attached hydrogen (secondary N) is 4. The van der Waals surface area contributed by atoms with Crippen LogP contribution in [0.1, 0.15) is 51.7 Å². The van der Waals surface area contributed by atoms with Gasteiger partial charge in [0.25, 0.3) is 0 Å². The smallest absolute Gasteiger partial charge is 0.410 e. The number of terminal acetylenes is 1. The van der Waals surface area contributed by atoms with Crippen LogP contribution in [0.4, 0.5) is 18.4 Å². The summed E-state index contributed by atoms with van der Waals surface area (Å²) >= 11 is 0. The minimum atomic E-state index is -1.33. The maximum Gasteiger partial charge on any atom is 0.410 e. The Hall–Kier alpha value is -8.28. The fourth-order valence-electron chi connectivity index (χ4n) is 10.9. The molecule has 4 fully saturated rings. The zero-order valence-electron chi connectivity index (χ0n) is 47.8. The molecule has 4 saturated heterocycles. The maximum atomic E-state index is 15.0. The highest BCUT2D eigenvalue weighted by atomic mass is 19.1. The highest BCUT2D eigenvalue weighted by Gasteiger charge is 2.56. The Kier molecular flexibility index (Phi) is 21.2. The lowest BCUT2D eigenvalue weighted by Gasteiger charge is -2.34. The summed E-state index contributed by atoms with van der Waals surface area (Å²) in [5, 5.41) is 11.4. The predicted octanol–water partition coefficient (Wildman–Crippen LogP) is 4.40. The van der Waals surface area contributed by atoms with Crippen molar-refractivity contribution in [1.29, 1.82) is 0 Å². The average Bonchev–Trinajstić information content (AvgIpc) is 4.49. The quantitative estimate of drug-likeness (QED) is 0.0803. The number of carbonyl (C=O) groups is 6. The molecule has 4 aromatic carbocycles. The molecule has 13 unspecified atom stereocenters. The van der Waals surface area contributed by atoms with Crippen LogP contribution >= 0.6 is 0 Å². The van der Waals surface area contributed by atoms with Crippen molar-refractivity contribution >= 4 is 35.8 Å². The van der Waals surface area contributed by atoms with Crippen molar-refractivity contribution < 1.29 is 66.0 Å². The number of hydrogen-bond donors (Lipinski definition) is 4. The molecule has 13 atom stereocenters. The molecule has 6 amide bonds. The lowest BCUT2D eigenvalue weighted by atomic mass is 10.1. The molecule has 84 heavy (non-hydrogen) atoms. The first-order valence-corrected chi connectivity index (χ1v) is 28.0. The molecule has 4 aliphatic rings. The average molecular weight is 1160 g/mol. The van der Waals surface area contributed by atoms with Gasteiger partial charge in [0, 0.05) is 13.1 Å². The number of nitrogens with zero attached hydrogens (tertiary/aromatic N) is 4. The summed E-state index contributed by atoms with van der Waals surface area (Å²) in [6.07, 6.45) is 0.560. The van der Waals surface area contributed by atoms with Gasteiger partial charge >= 0.3 is 12.2 Å². The van der Waals surface area contributed by atoms with Gasteiger partial charge in [0.05, 0.1) is 61.5 Å². The summed E-state index contributed by atoms with van der Waals surface area (Å²) in [4.78, 5) is 90.8. The molecule has 22 heteroatoms. The van der Waals surface area contributed by atoms with Gasteiger partial charge in [-0.2, -0.15) is 0 Å². The molecule has 0 aliphatic carbocycles. The van der Waals surface area contributed by atoms with E-state index in [0.717, 1.165) is 11.1 Å². The standard InChI is InChI=1S/C62H72F2N8O12/c1-8-46(82-41(5)54(68-58(74)39(3)66-7)60(76)70-32-30-50-56(70)52(84-48-27-23-45(64)24-28-48)35-72(50)62(78)81-37-43-18-13-10-14-19-43)20-15-33-79-40(4)53(67-57(73)38(2)65-6)59(75)69-31-29-49-55(69)51(83-47-25-21-44(63)22-26-47)34-71(49)61(77)80-36-42-16-11-9-12-17-42/h1,9-14,16-19,21-28,38-41,46,49-56,65-66H,29-37H2,2-7H3,(H,67,73)(H,68,74). The largest absolute Gasteiger partial charge is 0.486 e. The van der Waals surface area contributed by atoms with Gasteiger partial charge in [-0.05, 0) is 114 Å². The number of fused-ring (bicyclic) bond motifs is 2. The second kappa shape index (κ2) is 28.8. The summed E-state index contributed by atoms with van der Waals surface area (Å²) in [7, 11) is 3.19. The zero-order valence-corrected chi connectivity index (χ0v) is 47.8. The summed E-state index contributed by atoms with van der Waals surface area (Å²) < 4.78 is 64.7. The van der Waals surface area contributed by atoms with Crippen molar-refractivity contribution in [3.05, 3.63) is 132 Å². The Labute approximate surface area is 488 Å². The Morgan fingerprint density at radius 1 is 0.595 bits per heavy atom. The van der Waals surface area contributed by atoms with E-state index in [-0.39, 0.29) is 46.0 Å². The van der Waals surface area contributed by atoms with Crippen molar-refractivity contribution in [3.63, 3.8) is 0 Å². The molecular formula is C62H72F2N8O12. The molecule has 20 nitrogen and oxygen atoms in total. The van der Waals surface area contributed by atoms with Gasteiger partial charge in [-0.15, -0.1) is 6.42 Å². The number of amides is 6. The predicted molar refractivity (Wildman–Crippen MR) is 303 cm³/mol. The summed E-state index contributed by atoms with van der Waals surface area (Å²) in [5.74, 6) is 5.81. The van der Waals surface area contributed by atoms with Gasteiger partial charge in [0.1, 0.15) is 67.2 Å². The van der Waals surface area contributed by atoms with E-state index in [1.807, 2.05) is 60.7 Å². The molecule has 4 N–H and O–H groups in total. The van der Waals surface area contributed by atoms with E-state index < -0.39 is 126 Å². The van der Waals surface area contributed by atoms with Crippen LogP contribution in [-0.4, -0.2) is 181 Å². The third kappa shape index (κ3) is 15.1. The number of likely N-dealkylation sites (N-methyl/N-ethyl adjacent to an activating group) is 2. The van der Waals surface area contributed by atoms with E-state index in [1.54, 1.807) is 56.5 Å². The lowest BCUT2D eigenvalue weighted by Crippen LogP contribution is -2.59. The molecule has 0 saturated carbocycles. The molecule has 446 valence electrons. The summed E-state index contributed by atoms with van der Waals surface area (Å²) in [5.41, 5.74) is 1.57. The lowest BCUT2D eigenvalue weighted by molar-refractivity contribution is -0.143. The maximum absolute atomic E-state index is 15.0. The Bertz CT molecular complexity index is 3020. The topological polar surface area (TPSA) is 219 Å². The number of halogens is 2. The molecule has 4 aromatic rings. The highest BCUT2D eigenvalue weighted by molar-refractivity contribution is 5.91. The van der Waals surface area contributed by atoms with Crippen molar-refractivity contribution in [2.45, 2.75) is 133 Å². The van der Waals surface area contributed by atoms with Crippen LogP contribution in [0.3, 0.4) is 0 Å². The van der Waals surface area contributed by atoms with Crippen molar-refractivity contribution in [1.82, 2.24) is 40.9 Å². The number of hydrogen-bond acceptors (Lipinski definition) is 14. The van der Waals surface area contributed by atoms with Gasteiger partial charge < -0.3 is 59.5 Å². The van der Waals surface area contributed by atoms with Gasteiger partial charge in [-0.1, -0.05) is 78.4 Å². The molecule has 0 radical (unpaired) electrons. The van der Waals surface area contributed by atoms with E-state index in [2.05, 4.69) is 39.0 Å². The van der Waals surface area contributed by atoms with Crippen LogP contribution in [0.2, 0.25) is 0 Å². The second-order valence-electron chi connectivity index (χ2n) is 21.1. The van der Waals surface area contributed by atoms with Crippen LogP contribution in [0.15, 0.2) is 109 Å². The highest BCUT2D eigenvalue weighted by Crippen LogP contribution is 2.38. The minimum Gasteiger partial charge on any atom is -0.486 e. The molecule has 0 spiro atoms. The van der Waals surface area contributed by atoms with Crippen LogP contribution in [0.5, 0.6) is 11.5 Å². The van der Waals surface area contributed by atoms with Crippen LogP contribution < -0.4 is 30.7 Å². The van der Waals surface area contributed by atoms with E-state index in [0.29, 0.717) is 24.3 Å². The first kappa shape index (κ1) is 61.8. The molecule has 4 aliphatic heterocycles. The Morgan fingerprint density at radius 2 is 1.01 bits per heavy atom. The second-order valence-corrected chi connectivity index (χ2v) is 21.1. The van der Waals surface area contributed by atoms with Crippen molar-refractivity contribution in [2.75, 3.05) is 46.9 Å². The number of likely N-dealkylation sites (tertiary alicyclic amines) is 4. The van der Waals surface area contributed by atoms with Gasteiger partial charge in [0.15, 0.2) is 6.10 Å². The fraction of sp³-hybridized carbons (Fsp3) is 0.452. The first-order valence-electron chi connectivity index (χ1n) is 28.0. The van der Waals surface area contributed by atoms with Gasteiger partial charge in [-0.3, -0.25) is 29.0 Å². The SMILES string of the molecule is C#CC(C#CCOC(C)C(NC(=O)C(C)NC)C(=O)N1CCC2C1C(Oc1ccc(F)cc1)CN2C(=O)OCc1ccccc1)OC(C)C(NC(=O)C(C)NC)C(=O)N1CCC2C1C(Oc1ccc(F)cc1)CN2C(=O)OCc1ccccc1. The van der Waals surface area contributed by atoms with Gasteiger partial charge in [0.2, 0.25) is 23.6 Å². The monoisotopic (exact) mass is 1160 g/mol. The first-order chi connectivity index (χ1) is 40.5. The number of rotatable bonds is 22. The van der Waals surface area contributed by atoms with Crippen LogP contribution in [0.25, 0.3) is 0 Å². The van der Waals surface area contributed by atoms with Crippen molar-refractivity contribution in [2.24, 2.45) is 0 Å². The number of ether oxygens (including phenoxy) is 6. The van der Waals surface area contributed by atoms with Crippen LogP contribution in [-0.2, 0) is 51.3 Å². The third-order valence-corrected chi connectivity index (χ3v) is 15.7. The zero-order chi connectivity index (χ0) is 60.0. The molecule has 8 rings (SSSR count). The summed E-state index contributed by atoms with van der Waals surface area (Å²) in [6.45, 7) is 6.59. The fourth-order valence-corrected chi connectivity index (χ4v) is 10.9. The van der Waals surface area contributed by atoms with E-state index in [1.165, 1.54) is 53.4 Å². The third-order valence-electron chi connectivity index (χ3n) is 15.7. The Morgan fingerprint density at radius 3 is 1.42 bits per heavy atom. The van der Waals surface area contributed by atoms with E-state index in [4.69, 9.17) is 34.8 Å².